The van der Waals surface area contributed by atoms with Crippen LogP contribution in [0.15, 0.2) is 65.4 Å². The van der Waals surface area contributed by atoms with Crippen LogP contribution in [0.5, 0.6) is 5.75 Å². The van der Waals surface area contributed by atoms with Crippen LogP contribution in [0, 0.1) is 12.7 Å². The van der Waals surface area contributed by atoms with Gasteiger partial charge in [0.05, 0.1) is 18.6 Å². The Morgan fingerprint density at radius 3 is 2.73 bits per heavy atom. The van der Waals surface area contributed by atoms with Gasteiger partial charge in [-0.3, -0.25) is 4.79 Å². The molecule has 1 N–H and O–H groups in total. The monoisotopic (exact) mass is 464 g/mol. The van der Waals surface area contributed by atoms with Gasteiger partial charge in [-0.2, -0.15) is 0 Å². The number of fused-ring (bicyclic) bond motifs is 1. The second-order valence-electron chi connectivity index (χ2n) is 7.50. The zero-order valence-corrected chi connectivity index (χ0v) is 19.2. The molecule has 0 fully saturated rings. The number of halogens is 2. The highest BCUT2D eigenvalue weighted by Crippen LogP contribution is 2.40. The van der Waals surface area contributed by atoms with Gasteiger partial charge in [0.2, 0.25) is 5.91 Å². The molecule has 168 valence electrons. The third-order valence-corrected chi connectivity index (χ3v) is 5.58. The first-order valence-electron chi connectivity index (χ1n) is 10.4. The molecule has 0 radical (unpaired) electrons. The van der Waals surface area contributed by atoms with Crippen LogP contribution in [0.25, 0.3) is 27.7 Å². The minimum Gasteiger partial charge on any atom is -0.493 e. The molecule has 0 unspecified atom stereocenters. The molecule has 0 atom stereocenters. The van der Waals surface area contributed by atoms with Crippen LogP contribution in [0.2, 0.25) is 5.15 Å². The Kier molecular flexibility index (Phi) is 6.47. The molecule has 0 aliphatic heterocycles. The Morgan fingerprint density at radius 2 is 2.03 bits per heavy atom. The van der Waals surface area contributed by atoms with Gasteiger partial charge >= 0.3 is 0 Å². The highest BCUT2D eigenvalue weighted by Gasteiger charge is 2.19. The number of hydrogen-bond acceptors (Lipinski definition) is 4. The van der Waals surface area contributed by atoms with E-state index in [1.165, 1.54) is 18.2 Å². The van der Waals surface area contributed by atoms with Gasteiger partial charge < -0.3 is 14.5 Å². The molecule has 0 bridgehead atoms. The van der Waals surface area contributed by atoms with Gasteiger partial charge in [-0.25, -0.2) is 9.37 Å². The number of allylic oxidation sites excluding steroid dienone is 1. The molecule has 5 nitrogen and oxygen atoms in total. The molecular formula is C26H22ClFN2O3. The first-order chi connectivity index (χ1) is 15.9. The first-order valence-corrected chi connectivity index (χ1v) is 10.8. The number of pyridine rings is 1. The van der Waals surface area contributed by atoms with E-state index < -0.39 is 0 Å². The van der Waals surface area contributed by atoms with Crippen LogP contribution in [0.3, 0.4) is 0 Å². The molecule has 1 amide bonds. The van der Waals surface area contributed by atoms with E-state index in [0.717, 1.165) is 27.6 Å². The van der Waals surface area contributed by atoms with Crippen LogP contribution in [0.1, 0.15) is 25.0 Å². The van der Waals surface area contributed by atoms with Crippen LogP contribution in [0.4, 0.5) is 10.1 Å². The van der Waals surface area contributed by atoms with Gasteiger partial charge in [-0.1, -0.05) is 23.7 Å². The van der Waals surface area contributed by atoms with E-state index >= 15 is 0 Å². The number of rotatable bonds is 6. The number of nitrogens with zero attached hydrogens (tertiary/aromatic N) is 1. The van der Waals surface area contributed by atoms with Crippen molar-refractivity contribution >= 4 is 39.7 Å². The Hall–Kier alpha value is -3.64. The maximum atomic E-state index is 13.4. The lowest BCUT2D eigenvalue weighted by atomic mass is 9.96. The fraction of sp³-hybridized carbons (Fsp3) is 0.154. The molecule has 0 spiro atoms. The maximum Gasteiger partial charge on any atom is 0.248 e. The summed E-state index contributed by atoms with van der Waals surface area (Å²) in [5, 5.41) is 3.81. The maximum absolute atomic E-state index is 13.4. The molecule has 33 heavy (non-hydrogen) atoms. The van der Waals surface area contributed by atoms with E-state index in [1.807, 2.05) is 26.8 Å². The minimum atomic E-state index is -0.339. The predicted octanol–water partition coefficient (Wildman–Crippen LogP) is 7.04. The SMILES string of the molecule is CCOc1c(/C(C)=C/C(=O)Nc2cccnc2Cl)cc2c(-c3ccc(F)cc3)coc2c1C. The number of aryl methyl sites for hydroxylation is 1. The lowest BCUT2D eigenvalue weighted by Crippen LogP contribution is -2.09. The molecule has 0 saturated heterocycles. The predicted molar refractivity (Wildman–Crippen MR) is 129 cm³/mol. The van der Waals surface area contributed by atoms with Crippen molar-refractivity contribution in [1.82, 2.24) is 4.98 Å². The summed E-state index contributed by atoms with van der Waals surface area (Å²) in [5.74, 6) is 0.0000724. The van der Waals surface area contributed by atoms with Crippen LogP contribution in [-0.4, -0.2) is 17.5 Å². The van der Waals surface area contributed by atoms with E-state index in [2.05, 4.69) is 10.3 Å². The second-order valence-corrected chi connectivity index (χ2v) is 7.86. The molecule has 2 heterocycles. The van der Waals surface area contributed by atoms with Gasteiger partial charge in [0.15, 0.2) is 5.15 Å². The van der Waals surface area contributed by atoms with Crippen LogP contribution >= 0.6 is 11.6 Å². The van der Waals surface area contributed by atoms with Crippen molar-refractivity contribution < 1.29 is 18.3 Å². The van der Waals surface area contributed by atoms with Crippen molar-refractivity contribution in [3.05, 3.63) is 83.1 Å². The van der Waals surface area contributed by atoms with E-state index in [1.54, 1.807) is 36.7 Å². The van der Waals surface area contributed by atoms with E-state index in [4.69, 9.17) is 20.8 Å². The zero-order chi connectivity index (χ0) is 23.5. The molecule has 2 aromatic heterocycles. The Labute approximate surface area is 195 Å². The summed E-state index contributed by atoms with van der Waals surface area (Å²) in [6.07, 6.45) is 4.69. The largest absolute Gasteiger partial charge is 0.493 e. The number of furan rings is 1. The van der Waals surface area contributed by atoms with Gasteiger partial charge in [0, 0.05) is 34.3 Å². The summed E-state index contributed by atoms with van der Waals surface area (Å²) in [6.45, 7) is 6.11. The molecule has 0 saturated carbocycles. The van der Waals surface area contributed by atoms with Crippen molar-refractivity contribution in [3.63, 3.8) is 0 Å². The van der Waals surface area contributed by atoms with E-state index in [9.17, 15) is 9.18 Å². The average Bonchev–Trinajstić information content (AvgIpc) is 3.22. The molecule has 0 aliphatic carbocycles. The molecule has 0 aliphatic rings. The molecule has 2 aromatic carbocycles. The van der Waals surface area contributed by atoms with E-state index in [0.29, 0.717) is 29.2 Å². The van der Waals surface area contributed by atoms with Crippen molar-refractivity contribution in [3.8, 4) is 16.9 Å². The van der Waals surface area contributed by atoms with Crippen LogP contribution in [-0.2, 0) is 4.79 Å². The smallest absolute Gasteiger partial charge is 0.248 e. The van der Waals surface area contributed by atoms with E-state index in [-0.39, 0.29) is 16.9 Å². The molecule has 4 aromatic rings. The third kappa shape index (κ3) is 4.61. The average molecular weight is 465 g/mol. The summed E-state index contributed by atoms with van der Waals surface area (Å²) in [5.41, 5.74) is 5.05. The fourth-order valence-corrected chi connectivity index (χ4v) is 3.88. The Bertz CT molecular complexity index is 1360. The number of hydrogen-bond donors (Lipinski definition) is 1. The van der Waals surface area contributed by atoms with Gasteiger partial charge in [-0.15, -0.1) is 0 Å². The number of benzene rings is 2. The number of carbonyl (C=O) groups is 1. The molecule has 7 heteroatoms. The van der Waals surface area contributed by atoms with Gasteiger partial charge in [0.1, 0.15) is 17.1 Å². The van der Waals surface area contributed by atoms with Crippen LogP contribution < -0.4 is 10.1 Å². The first kappa shape index (κ1) is 22.6. The number of ether oxygens (including phenoxy) is 1. The lowest BCUT2D eigenvalue weighted by molar-refractivity contribution is -0.111. The topological polar surface area (TPSA) is 64.4 Å². The van der Waals surface area contributed by atoms with Gasteiger partial charge in [0.25, 0.3) is 0 Å². The zero-order valence-electron chi connectivity index (χ0n) is 18.4. The normalized spacial score (nSPS) is 11.6. The summed E-state index contributed by atoms with van der Waals surface area (Å²) in [6, 6.07) is 11.5. The van der Waals surface area contributed by atoms with Gasteiger partial charge in [-0.05, 0) is 62.2 Å². The Morgan fingerprint density at radius 1 is 1.27 bits per heavy atom. The number of nitrogens with one attached hydrogen (secondary N) is 1. The number of carbonyl (C=O) groups excluding carboxylic acids is 1. The second kappa shape index (κ2) is 9.46. The number of anilines is 1. The standard InChI is InChI=1S/C26H22ClFN2O3/c1-4-32-24-16(3)25-20(21(14-33-25)17-7-9-18(28)10-8-17)13-19(24)15(2)12-23(31)30-22-6-5-11-29-26(22)27/h5-14H,4H2,1-3H3,(H,30,31)/b15-12+. The number of aromatic nitrogens is 1. The van der Waals surface area contributed by atoms with Crippen molar-refractivity contribution in [2.75, 3.05) is 11.9 Å². The number of amides is 1. The highest BCUT2D eigenvalue weighted by atomic mass is 35.5. The van der Waals surface area contributed by atoms with Crippen molar-refractivity contribution in [1.29, 1.82) is 0 Å². The third-order valence-electron chi connectivity index (χ3n) is 5.28. The Balaban J connectivity index is 1.79. The lowest BCUT2D eigenvalue weighted by Gasteiger charge is -2.15. The quantitative estimate of drug-likeness (QED) is 0.245. The van der Waals surface area contributed by atoms with Crippen molar-refractivity contribution in [2.24, 2.45) is 0 Å². The van der Waals surface area contributed by atoms with Crippen molar-refractivity contribution in [2.45, 2.75) is 20.8 Å². The summed E-state index contributed by atoms with van der Waals surface area (Å²) < 4.78 is 25.2. The molecule has 4 rings (SSSR count). The summed E-state index contributed by atoms with van der Waals surface area (Å²) >= 11 is 6.05. The molecular weight excluding hydrogens is 443 g/mol. The summed E-state index contributed by atoms with van der Waals surface area (Å²) in [4.78, 5) is 16.6. The summed E-state index contributed by atoms with van der Waals surface area (Å²) in [7, 11) is 0. The highest BCUT2D eigenvalue weighted by molar-refractivity contribution is 6.32. The minimum absolute atomic E-state index is 0.214. The fourth-order valence-electron chi connectivity index (χ4n) is 3.71.